The van der Waals surface area contributed by atoms with Crippen LogP contribution in [0.5, 0.6) is 0 Å². The summed E-state index contributed by atoms with van der Waals surface area (Å²) in [4.78, 5) is 12.7. The largest absolute Gasteiger partial charge is 0.345 e. The second kappa shape index (κ2) is 2.71. The molecule has 0 aliphatic carbocycles. The highest BCUT2D eigenvalue weighted by Gasteiger charge is 2.42. The van der Waals surface area contributed by atoms with Gasteiger partial charge in [-0.15, -0.1) is 0 Å². The van der Waals surface area contributed by atoms with E-state index in [4.69, 9.17) is 9.47 Å². The molecule has 0 bridgehead atoms. The summed E-state index contributed by atoms with van der Waals surface area (Å²) in [5.41, 5.74) is 0. The Morgan fingerprint density at radius 2 is 1.83 bits per heavy atom. The Kier molecular flexibility index (Phi) is 1.81. The molecule has 4 nitrogen and oxygen atoms in total. The van der Waals surface area contributed by atoms with Crippen molar-refractivity contribution in [2.24, 2.45) is 0 Å². The lowest BCUT2D eigenvalue weighted by atomic mass is 10.3. The van der Waals surface area contributed by atoms with Gasteiger partial charge in [0.1, 0.15) is 12.2 Å². The Balaban J connectivity index is 1.98. The fourth-order valence-electron chi connectivity index (χ4n) is 1.79. The summed E-state index contributed by atoms with van der Waals surface area (Å²) in [7, 11) is 0. The maximum absolute atomic E-state index is 11.0. The van der Waals surface area contributed by atoms with Crippen LogP contribution in [0, 0.1) is 0 Å². The van der Waals surface area contributed by atoms with Gasteiger partial charge in [0.2, 0.25) is 5.91 Å². The summed E-state index contributed by atoms with van der Waals surface area (Å²) in [5.74, 6) is 0.101. The van der Waals surface area contributed by atoms with Gasteiger partial charge in [-0.2, -0.15) is 0 Å². The lowest BCUT2D eigenvalue weighted by molar-refractivity contribution is -0.131. The van der Waals surface area contributed by atoms with Crippen LogP contribution in [-0.4, -0.2) is 42.4 Å². The number of fused-ring (bicyclic) bond motifs is 1. The van der Waals surface area contributed by atoms with Gasteiger partial charge in [-0.1, -0.05) is 0 Å². The van der Waals surface area contributed by atoms with Gasteiger partial charge in [0.15, 0.2) is 6.29 Å². The van der Waals surface area contributed by atoms with E-state index in [2.05, 4.69) is 0 Å². The third-order valence-electron chi connectivity index (χ3n) is 2.39. The molecular weight excluding hydrogens is 158 g/mol. The standard InChI is InChI=1S/C8H13NO3/c1-5(10)9-3-7-8(4-9)12-6(2)11-7/h6-8H,3-4H2,1-2H3. The molecule has 4 heteroatoms. The van der Waals surface area contributed by atoms with Gasteiger partial charge in [-0.3, -0.25) is 4.79 Å². The van der Waals surface area contributed by atoms with Crippen molar-refractivity contribution in [2.45, 2.75) is 32.3 Å². The van der Waals surface area contributed by atoms with E-state index in [9.17, 15) is 4.79 Å². The molecule has 0 aromatic heterocycles. The van der Waals surface area contributed by atoms with E-state index < -0.39 is 0 Å². The van der Waals surface area contributed by atoms with Crippen LogP contribution < -0.4 is 0 Å². The average molecular weight is 171 g/mol. The Hall–Kier alpha value is -0.610. The van der Waals surface area contributed by atoms with Crippen LogP contribution in [0.25, 0.3) is 0 Å². The third kappa shape index (κ3) is 1.21. The lowest BCUT2D eigenvalue weighted by Crippen LogP contribution is -2.29. The number of rotatable bonds is 0. The first-order chi connectivity index (χ1) is 5.66. The zero-order valence-electron chi connectivity index (χ0n) is 7.32. The Morgan fingerprint density at radius 1 is 1.33 bits per heavy atom. The number of ether oxygens (including phenoxy) is 2. The Morgan fingerprint density at radius 3 is 2.25 bits per heavy atom. The first-order valence-electron chi connectivity index (χ1n) is 4.23. The smallest absolute Gasteiger partial charge is 0.219 e. The molecule has 0 aromatic carbocycles. The lowest BCUT2D eigenvalue weighted by Gasteiger charge is -2.15. The monoisotopic (exact) mass is 171 g/mol. The van der Waals surface area contributed by atoms with Crippen molar-refractivity contribution in [1.29, 1.82) is 0 Å². The van der Waals surface area contributed by atoms with Crippen molar-refractivity contribution in [2.75, 3.05) is 13.1 Å². The predicted molar refractivity (Wildman–Crippen MR) is 41.5 cm³/mol. The van der Waals surface area contributed by atoms with Crippen molar-refractivity contribution in [1.82, 2.24) is 4.90 Å². The van der Waals surface area contributed by atoms with Crippen molar-refractivity contribution < 1.29 is 14.3 Å². The molecule has 2 heterocycles. The van der Waals surface area contributed by atoms with Crippen LogP contribution in [0.15, 0.2) is 0 Å². The number of nitrogens with zero attached hydrogens (tertiary/aromatic N) is 1. The molecule has 0 spiro atoms. The van der Waals surface area contributed by atoms with E-state index in [-0.39, 0.29) is 24.4 Å². The van der Waals surface area contributed by atoms with Gasteiger partial charge in [0.05, 0.1) is 0 Å². The topological polar surface area (TPSA) is 38.8 Å². The van der Waals surface area contributed by atoms with E-state index >= 15 is 0 Å². The number of hydrogen-bond donors (Lipinski definition) is 0. The summed E-state index contributed by atoms with van der Waals surface area (Å²) in [6, 6.07) is 0. The van der Waals surface area contributed by atoms with Gasteiger partial charge in [-0.05, 0) is 6.92 Å². The molecule has 2 fully saturated rings. The normalized spacial score (nSPS) is 40.2. The second-order valence-corrected chi connectivity index (χ2v) is 3.34. The second-order valence-electron chi connectivity index (χ2n) is 3.34. The molecule has 0 saturated carbocycles. The van der Waals surface area contributed by atoms with E-state index in [0.29, 0.717) is 13.1 Å². The minimum Gasteiger partial charge on any atom is -0.345 e. The molecule has 1 amide bonds. The average Bonchev–Trinajstić information content (AvgIpc) is 2.42. The van der Waals surface area contributed by atoms with Gasteiger partial charge < -0.3 is 14.4 Å². The van der Waals surface area contributed by atoms with E-state index in [1.54, 1.807) is 11.8 Å². The first kappa shape index (κ1) is 8.01. The summed E-state index contributed by atoms with van der Waals surface area (Å²) in [5, 5.41) is 0. The van der Waals surface area contributed by atoms with Crippen molar-refractivity contribution >= 4 is 5.91 Å². The van der Waals surface area contributed by atoms with Crippen LogP contribution in [0.3, 0.4) is 0 Å². The molecular formula is C8H13NO3. The number of carbonyl (C=O) groups excluding carboxylic acids is 1. The SMILES string of the molecule is CC(=O)N1CC2OC(C)OC2C1. The van der Waals surface area contributed by atoms with Crippen molar-refractivity contribution in [3.63, 3.8) is 0 Å². The minimum atomic E-state index is -0.103. The first-order valence-corrected chi connectivity index (χ1v) is 4.23. The summed E-state index contributed by atoms with van der Waals surface area (Å²) in [6.45, 7) is 4.83. The highest BCUT2D eigenvalue weighted by molar-refractivity contribution is 5.73. The molecule has 0 radical (unpaired) electrons. The van der Waals surface area contributed by atoms with E-state index in [1.165, 1.54) is 0 Å². The molecule has 2 rings (SSSR count). The molecule has 0 aromatic rings. The molecule has 68 valence electrons. The van der Waals surface area contributed by atoms with Crippen LogP contribution in [0.1, 0.15) is 13.8 Å². The molecule has 2 unspecified atom stereocenters. The van der Waals surface area contributed by atoms with Crippen LogP contribution in [-0.2, 0) is 14.3 Å². The van der Waals surface area contributed by atoms with Crippen LogP contribution in [0.2, 0.25) is 0 Å². The van der Waals surface area contributed by atoms with E-state index in [1.807, 2.05) is 6.92 Å². The fraction of sp³-hybridized carbons (Fsp3) is 0.875. The molecule has 2 aliphatic rings. The highest BCUT2D eigenvalue weighted by Crippen LogP contribution is 2.25. The van der Waals surface area contributed by atoms with E-state index in [0.717, 1.165) is 0 Å². The summed E-state index contributed by atoms with van der Waals surface area (Å²) in [6.07, 6.45) is 0.0990. The summed E-state index contributed by atoms with van der Waals surface area (Å²) < 4.78 is 10.9. The van der Waals surface area contributed by atoms with Gasteiger partial charge in [-0.25, -0.2) is 0 Å². The molecule has 2 aliphatic heterocycles. The van der Waals surface area contributed by atoms with Gasteiger partial charge >= 0.3 is 0 Å². The Labute approximate surface area is 71.4 Å². The highest BCUT2D eigenvalue weighted by atomic mass is 16.7. The maximum Gasteiger partial charge on any atom is 0.219 e. The van der Waals surface area contributed by atoms with Crippen molar-refractivity contribution in [3.05, 3.63) is 0 Å². The fourth-order valence-corrected chi connectivity index (χ4v) is 1.79. The summed E-state index contributed by atoms with van der Waals surface area (Å²) >= 11 is 0. The number of carbonyl (C=O) groups is 1. The van der Waals surface area contributed by atoms with Crippen LogP contribution in [0.4, 0.5) is 0 Å². The zero-order valence-corrected chi connectivity index (χ0v) is 7.32. The Bertz CT molecular complexity index is 192. The van der Waals surface area contributed by atoms with Gasteiger partial charge in [0.25, 0.3) is 0 Å². The predicted octanol–water partition coefficient (Wildman–Crippen LogP) is -0.0215. The third-order valence-corrected chi connectivity index (χ3v) is 2.39. The number of amides is 1. The quantitative estimate of drug-likeness (QED) is 0.514. The molecule has 0 N–H and O–H groups in total. The van der Waals surface area contributed by atoms with Gasteiger partial charge in [0, 0.05) is 20.0 Å². The van der Waals surface area contributed by atoms with Crippen LogP contribution >= 0.6 is 0 Å². The molecule has 12 heavy (non-hydrogen) atoms. The molecule has 2 atom stereocenters. The number of hydrogen-bond acceptors (Lipinski definition) is 3. The molecule has 2 saturated heterocycles. The minimum absolute atomic E-state index is 0.101. The maximum atomic E-state index is 11.0. The number of likely N-dealkylation sites (tertiary alicyclic amines) is 1. The zero-order chi connectivity index (χ0) is 8.72. The van der Waals surface area contributed by atoms with Crippen molar-refractivity contribution in [3.8, 4) is 0 Å².